The number of aromatic amines is 1. The molecule has 21 heavy (non-hydrogen) atoms. The molecule has 2 atom stereocenters. The average Bonchev–Trinajstić information content (AvgIpc) is 2.74. The fourth-order valence-corrected chi connectivity index (χ4v) is 2.82. The van der Waals surface area contributed by atoms with E-state index in [-0.39, 0.29) is 23.1 Å². The van der Waals surface area contributed by atoms with Crippen molar-refractivity contribution in [3.05, 3.63) is 21.4 Å². The van der Waals surface area contributed by atoms with Crippen LogP contribution in [0.15, 0.2) is 0 Å². The van der Waals surface area contributed by atoms with Crippen LogP contribution in [0.3, 0.4) is 0 Å². The lowest BCUT2D eigenvalue weighted by Crippen LogP contribution is -2.54. The van der Waals surface area contributed by atoms with Crippen LogP contribution in [0.25, 0.3) is 0 Å². The van der Waals surface area contributed by atoms with Crippen LogP contribution in [0.2, 0.25) is 10.0 Å². The van der Waals surface area contributed by atoms with E-state index in [2.05, 4.69) is 22.5 Å². The molecule has 1 aromatic rings. The van der Waals surface area contributed by atoms with Crippen molar-refractivity contribution in [1.29, 1.82) is 0 Å². The Hall–Kier alpha value is -0.750. The highest BCUT2D eigenvalue weighted by atomic mass is 35.5. The van der Waals surface area contributed by atoms with Crippen molar-refractivity contribution in [2.45, 2.75) is 38.8 Å². The summed E-state index contributed by atoms with van der Waals surface area (Å²) in [5.74, 6) is -0.244. The zero-order chi connectivity index (χ0) is 15.4. The average molecular weight is 334 g/mol. The van der Waals surface area contributed by atoms with Crippen LogP contribution in [-0.4, -0.2) is 42.7 Å². The molecule has 2 heterocycles. The second kappa shape index (κ2) is 7.49. The highest BCUT2D eigenvalue weighted by Crippen LogP contribution is 2.29. The Morgan fingerprint density at radius 1 is 1.43 bits per heavy atom. The van der Waals surface area contributed by atoms with E-state index in [9.17, 15) is 4.79 Å². The summed E-state index contributed by atoms with van der Waals surface area (Å²) in [7, 11) is 0. The van der Waals surface area contributed by atoms with Crippen LogP contribution in [0.4, 0.5) is 0 Å². The maximum Gasteiger partial charge on any atom is 0.269 e. The fraction of sp³-hybridized carbons (Fsp3) is 0.643. The van der Waals surface area contributed by atoms with Crippen LogP contribution in [-0.2, 0) is 4.74 Å². The molecular weight excluding hydrogens is 313 g/mol. The molecule has 0 spiro atoms. The molecule has 1 aliphatic rings. The monoisotopic (exact) mass is 333 g/mol. The number of nitrogens with one attached hydrogen (secondary N) is 3. The van der Waals surface area contributed by atoms with Crippen molar-refractivity contribution in [3.63, 3.8) is 0 Å². The highest BCUT2D eigenvalue weighted by Gasteiger charge is 2.28. The number of H-pyrrole nitrogens is 1. The van der Waals surface area contributed by atoms with E-state index in [1.165, 1.54) is 0 Å². The summed E-state index contributed by atoms with van der Waals surface area (Å²) in [5, 5.41) is 6.94. The molecule has 3 N–H and O–H groups in total. The third kappa shape index (κ3) is 3.92. The minimum absolute atomic E-state index is 0.0204. The number of aromatic nitrogens is 1. The van der Waals surface area contributed by atoms with Gasteiger partial charge in [-0.15, -0.1) is 0 Å². The van der Waals surface area contributed by atoms with Gasteiger partial charge in [-0.25, -0.2) is 0 Å². The highest BCUT2D eigenvalue weighted by molar-refractivity contribution is 6.44. The van der Waals surface area contributed by atoms with Gasteiger partial charge < -0.3 is 20.4 Å². The van der Waals surface area contributed by atoms with Crippen molar-refractivity contribution >= 4 is 29.1 Å². The quantitative estimate of drug-likeness (QED) is 0.775. The van der Waals surface area contributed by atoms with Gasteiger partial charge in [0.05, 0.1) is 22.2 Å². The predicted octanol–water partition coefficient (Wildman–Crippen LogP) is 2.52. The number of piperidine rings is 1. The summed E-state index contributed by atoms with van der Waals surface area (Å²) in [6.07, 6.45) is 1.76. The smallest absolute Gasteiger partial charge is 0.269 e. The molecule has 7 heteroatoms. The Morgan fingerprint density at radius 2 is 2.19 bits per heavy atom. The third-order valence-corrected chi connectivity index (χ3v) is 4.51. The van der Waals surface area contributed by atoms with Gasteiger partial charge in [0.2, 0.25) is 0 Å². The summed E-state index contributed by atoms with van der Waals surface area (Å²) >= 11 is 12.1. The molecule has 0 aromatic carbocycles. The van der Waals surface area contributed by atoms with Crippen LogP contribution < -0.4 is 10.6 Å². The van der Waals surface area contributed by atoms with Gasteiger partial charge in [0.15, 0.2) is 0 Å². The number of carbonyl (C=O) groups excluding carboxylic acids is 1. The summed E-state index contributed by atoms with van der Waals surface area (Å²) in [4.78, 5) is 15.3. The molecule has 5 nitrogen and oxygen atoms in total. The number of aryl methyl sites for hydroxylation is 1. The van der Waals surface area contributed by atoms with Gasteiger partial charge in [0.25, 0.3) is 5.91 Å². The van der Waals surface area contributed by atoms with Gasteiger partial charge >= 0.3 is 0 Å². The second-order valence-corrected chi connectivity index (χ2v) is 5.99. The summed E-state index contributed by atoms with van der Waals surface area (Å²) in [6.45, 7) is 6.13. The van der Waals surface area contributed by atoms with Crippen LogP contribution in [0.5, 0.6) is 0 Å². The van der Waals surface area contributed by atoms with Crippen LogP contribution in [0.1, 0.15) is 35.9 Å². The number of rotatable bonds is 5. The first-order chi connectivity index (χ1) is 10.0. The van der Waals surface area contributed by atoms with Gasteiger partial charge in [-0.05, 0) is 26.3 Å². The van der Waals surface area contributed by atoms with Gasteiger partial charge in [-0.3, -0.25) is 4.79 Å². The van der Waals surface area contributed by atoms with Crippen molar-refractivity contribution in [1.82, 2.24) is 15.6 Å². The van der Waals surface area contributed by atoms with E-state index < -0.39 is 0 Å². The molecule has 0 unspecified atom stereocenters. The van der Waals surface area contributed by atoms with E-state index in [0.717, 1.165) is 25.9 Å². The van der Waals surface area contributed by atoms with Crippen molar-refractivity contribution in [3.8, 4) is 0 Å². The maximum absolute atomic E-state index is 12.4. The number of amides is 1. The summed E-state index contributed by atoms with van der Waals surface area (Å²) in [6, 6.07) is -0.0243. The van der Waals surface area contributed by atoms with E-state index in [1.807, 2.05) is 0 Å². The number of carbonyl (C=O) groups is 1. The first kappa shape index (κ1) is 16.6. The molecule has 2 rings (SSSR count). The zero-order valence-corrected chi connectivity index (χ0v) is 13.8. The number of hydrogen-bond donors (Lipinski definition) is 3. The molecule has 118 valence electrons. The minimum Gasteiger partial charge on any atom is -0.375 e. The second-order valence-electron chi connectivity index (χ2n) is 5.23. The maximum atomic E-state index is 12.4. The number of ether oxygens (including phenoxy) is 1. The molecular formula is C14H21Cl2N3O2. The van der Waals surface area contributed by atoms with Gasteiger partial charge in [-0.2, -0.15) is 0 Å². The SMILES string of the molecule is CCCO[C@@H]1CNCC[C@H]1NC(=O)c1[nH]c(C)c(Cl)c1Cl. The molecule has 1 fully saturated rings. The summed E-state index contributed by atoms with van der Waals surface area (Å²) in [5.41, 5.74) is 1.00. The lowest BCUT2D eigenvalue weighted by Gasteiger charge is -2.32. The van der Waals surface area contributed by atoms with E-state index >= 15 is 0 Å². The van der Waals surface area contributed by atoms with Gasteiger partial charge in [0.1, 0.15) is 5.69 Å². The zero-order valence-electron chi connectivity index (χ0n) is 12.3. The fourth-order valence-electron chi connectivity index (χ4n) is 2.41. The lowest BCUT2D eigenvalue weighted by atomic mass is 10.0. The molecule has 0 radical (unpaired) electrons. The molecule has 1 aliphatic heterocycles. The van der Waals surface area contributed by atoms with Crippen molar-refractivity contribution < 1.29 is 9.53 Å². The molecule has 0 bridgehead atoms. The minimum atomic E-state index is -0.244. The standard InChI is InChI=1S/C14H21Cl2N3O2/c1-3-6-21-10-7-17-5-4-9(10)19-14(20)13-12(16)11(15)8(2)18-13/h9-10,17-18H,3-7H2,1-2H3,(H,19,20)/t9-,10-/m1/s1. The lowest BCUT2D eigenvalue weighted by molar-refractivity contribution is 0.0142. The Balaban J connectivity index is 2.04. The van der Waals surface area contributed by atoms with Gasteiger partial charge in [0, 0.05) is 18.8 Å². The Morgan fingerprint density at radius 3 is 2.81 bits per heavy atom. The van der Waals surface area contributed by atoms with E-state index in [0.29, 0.717) is 23.0 Å². The van der Waals surface area contributed by atoms with E-state index in [4.69, 9.17) is 27.9 Å². The number of hydrogen-bond acceptors (Lipinski definition) is 3. The Kier molecular flexibility index (Phi) is 5.93. The van der Waals surface area contributed by atoms with Crippen LogP contribution >= 0.6 is 23.2 Å². The first-order valence-corrected chi connectivity index (χ1v) is 7.97. The van der Waals surface area contributed by atoms with E-state index in [1.54, 1.807) is 6.92 Å². The Labute approximate surface area is 134 Å². The molecule has 1 amide bonds. The van der Waals surface area contributed by atoms with Crippen molar-refractivity contribution in [2.24, 2.45) is 0 Å². The molecule has 0 saturated carbocycles. The molecule has 1 saturated heterocycles. The molecule has 0 aliphatic carbocycles. The largest absolute Gasteiger partial charge is 0.375 e. The van der Waals surface area contributed by atoms with Gasteiger partial charge in [-0.1, -0.05) is 30.1 Å². The Bertz CT molecular complexity index is 505. The van der Waals surface area contributed by atoms with Crippen LogP contribution in [0, 0.1) is 6.92 Å². The normalized spacial score (nSPS) is 22.3. The summed E-state index contributed by atoms with van der Waals surface area (Å²) < 4.78 is 5.79. The van der Waals surface area contributed by atoms with Crippen molar-refractivity contribution in [2.75, 3.05) is 19.7 Å². The third-order valence-electron chi connectivity index (χ3n) is 3.56. The first-order valence-electron chi connectivity index (χ1n) is 7.21. The topological polar surface area (TPSA) is 66.2 Å². The predicted molar refractivity (Wildman–Crippen MR) is 84.3 cm³/mol. The number of halogens is 2. The molecule has 1 aromatic heterocycles.